The van der Waals surface area contributed by atoms with Crippen LogP contribution < -0.4 is 21.5 Å². The van der Waals surface area contributed by atoms with E-state index in [2.05, 4.69) is 15.3 Å². The van der Waals surface area contributed by atoms with Crippen molar-refractivity contribution in [1.29, 1.82) is 5.41 Å². The molecular formula is C22H27N7O2. The molecule has 2 heterocycles. The second-order valence-corrected chi connectivity index (χ2v) is 7.96. The van der Waals surface area contributed by atoms with E-state index in [4.69, 9.17) is 21.6 Å². The lowest BCUT2D eigenvalue weighted by Crippen LogP contribution is -2.48. The summed E-state index contributed by atoms with van der Waals surface area (Å²) < 4.78 is 7.69. The normalized spacial score (nSPS) is 11.2. The van der Waals surface area contributed by atoms with Gasteiger partial charge in [-0.1, -0.05) is 6.07 Å². The van der Waals surface area contributed by atoms with Crippen LogP contribution in [0.25, 0.3) is 5.82 Å². The average molecular weight is 422 g/mol. The zero-order valence-corrected chi connectivity index (χ0v) is 18.1. The summed E-state index contributed by atoms with van der Waals surface area (Å²) in [6.07, 6.45) is 3.46. The van der Waals surface area contributed by atoms with Gasteiger partial charge in [0.1, 0.15) is 29.8 Å². The lowest BCUT2D eigenvalue weighted by molar-refractivity contribution is 0.0880. The standard InChI is InChI=1S/C22H27N7O2/c1-13-11-29(14(2)27-13)18-10-15(8-9-26-18)21(30)28-22(3,4)12-31-17-7-5-6-16(23)19(17)20(24)25/h5-11H,12,23H2,1-4H3,(H3,24,25)(H,28,30). The first-order valence-corrected chi connectivity index (χ1v) is 9.74. The van der Waals surface area contributed by atoms with Gasteiger partial charge in [-0.2, -0.15) is 0 Å². The molecule has 0 aliphatic carbocycles. The number of ether oxygens (including phenoxy) is 1. The van der Waals surface area contributed by atoms with E-state index >= 15 is 0 Å². The molecule has 0 saturated heterocycles. The maximum atomic E-state index is 12.9. The number of rotatable bonds is 7. The fraction of sp³-hybridized carbons (Fsp3) is 0.273. The van der Waals surface area contributed by atoms with Gasteiger partial charge in [0, 0.05) is 23.6 Å². The number of pyridine rings is 1. The molecule has 0 spiro atoms. The first-order valence-electron chi connectivity index (χ1n) is 9.74. The van der Waals surface area contributed by atoms with Gasteiger partial charge in [-0.05, 0) is 52.0 Å². The molecule has 0 fully saturated rings. The Morgan fingerprint density at radius 2 is 2.03 bits per heavy atom. The monoisotopic (exact) mass is 421 g/mol. The number of imidazole rings is 1. The minimum atomic E-state index is -0.708. The van der Waals surface area contributed by atoms with Crippen molar-refractivity contribution in [3.63, 3.8) is 0 Å². The number of nitrogen functional groups attached to an aromatic ring is 2. The third-order valence-corrected chi connectivity index (χ3v) is 4.63. The van der Waals surface area contributed by atoms with Crippen LogP contribution in [0.1, 0.15) is 41.3 Å². The lowest BCUT2D eigenvalue weighted by atomic mass is 10.1. The summed E-state index contributed by atoms with van der Waals surface area (Å²) in [5.74, 6) is 1.37. The molecule has 1 aromatic carbocycles. The Balaban J connectivity index is 1.73. The molecule has 6 N–H and O–H groups in total. The van der Waals surface area contributed by atoms with E-state index in [0.717, 1.165) is 11.5 Å². The van der Waals surface area contributed by atoms with Crippen molar-refractivity contribution in [1.82, 2.24) is 19.9 Å². The summed E-state index contributed by atoms with van der Waals surface area (Å²) in [4.78, 5) is 21.6. The molecule has 0 saturated carbocycles. The summed E-state index contributed by atoms with van der Waals surface area (Å²) in [6.45, 7) is 7.63. The second kappa shape index (κ2) is 8.47. The Morgan fingerprint density at radius 1 is 1.29 bits per heavy atom. The number of carbonyl (C=O) groups is 1. The fourth-order valence-corrected chi connectivity index (χ4v) is 3.17. The van der Waals surface area contributed by atoms with Crippen molar-refractivity contribution in [3.05, 3.63) is 65.4 Å². The molecule has 0 radical (unpaired) electrons. The van der Waals surface area contributed by atoms with Crippen molar-refractivity contribution < 1.29 is 9.53 Å². The molecule has 9 heteroatoms. The molecule has 0 atom stereocenters. The molecule has 2 aromatic heterocycles. The second-order valence-electron chi connectivity index (χ2n) is 7.96. The quantitative estimate of drug-likeness (QED) is 0.262. The van der Waals surface area contributed by atoms with Crippen LogP contribution >= 0.6 is 0 Å². The number of nitrogens with zero attached hydrogens (tertiary/aromatic N) is 3. The first-order chi connectivity index (χ1) is 14.6. The molecular weight excluding hydrogens is 394 g/mol. The number of nitrogens with two attached hydrogens (primary N) is 2. The summed E-state index contributed by atoms with van der Waals surface area (Å²) in [7, 11) is 0. The van der Waals surface area contributed by atoms with Crippen LogP contribution in [0.2, 0.25) is 0 Å². The molecule has 1 amide bonds. The number of nitrogens with one attached hydrogen (secondary N) is 2. The van der Waals surface area contributed by atoms with Crippen LogP contribution in [0.3, 0.4) is 0 Å². The zero-order valence-electron chi connectivity index (χ0n) is 18.1. The van der Waals surface area contributed by atoms with Crippen molar-refractivity contribution in [2.24, 2.45) is 5.73 Å². The Hall–Kier alpha value is -3.88. The number of aromatic nitrogens is 3. The van der Waals surface area contributed by atoms with Crippen LogP contribution in [-0.4, -0.2) is 38.4 Å². The van der Waals surface area contributed by atoms with Crippen molar-refractivity contribution in [2.45, 2.75) is 33.2 Å². The van der Waals surface area contributed by atoms with Crippen LogP contribution in [-0.2, 0) is 0 Å². The largest absolute Gasteiger partial charge is 0.490 e. The van der Waals surface area contributed by atoms with Gasteiger partial charge in [-0.15, -0.1) is 0 Å². The SMILES string of the molecule is Cc1cn(-c2cc(C(=O)NC(C)(C)COc3cccc(N)c3C(=N)N)ccn2)c(C)n1. The highest BCUT2D eigenvalue weighted by molar-refractivity contribution is 6.02. The third kappa shape index (κ3) is 5.00. The highest BCUT2D eigenvalue weighted by atomic mass is 16.5. The highest BCUT2D eigenvalue weighted by Gasteiger charge is 2.24. The topological polar surface area (TPSA) is 145 Å². The summed E-state index contributed by atoms with van der Waals surface area (Å²) in [5.41, 5.74) is 12.9. The molecule has 0 bridgehead atoms. The predicted octanol–water partition coefficient (Wildman–Crippen LogP) is 2.34. The number of carbonyl (C=O) groups excluding carboxylic acids is 1. The van der Waals surface area contributed by atoms with Gasteiger partial charge in [-0.3, -0.25) is 14.8 Å². The van der Waals surface area contributed by atoms with Crippen molar-refractivity contribution in [3.8, 4) is 11.6 Å². The number of aryl methyl sites for hydroxylation is 2. The highest BCUT2D eigenvalue weighted by Crippen LogP contribution is 2.24. The Morgan fingerprint density at radius 3 is 2.68 bits per heavy atom. The third-order valence-electron chi connectivity index (χ3n) is 4.63. The smallest absolute Gasteiger partial charge is 0.252 e. The number of benzene rings is 1. The Labute approximate surface area is 181 Å². The molecule has 3 aromatic rings. The van der Waals surface area contributed by atoms with E-state index in [1.807, 2.05) is 38.5 Å². The van der Waals surface area contributed by atoms with Gasteiger partial charge in [-0.25, -0.2) is 9.97 Å². The maximum absolute atomic E-state index is 12.9. The van der Waals surface area contributed by atoms with Crippen LogP contribution in [0.4, 0.5) is 5.69 Å². The predicted molar refractivity (Wildman–Crippen MR) is 120 cm³/mol. The Kier molecular flexibility index (Phi) is 5.96. The average Bonchev–Trinajstić information content (AvgIpc) is 3.04. The minimum Gasteiger partial charge on any atom is -0.490 e. The van der Waals surface area contributed by atoms with Crippen molar-refractivity contribution >= 4 is 17.4 Å². The van der Waals surface area contributed by atoms with Gasteiger partial charge in [0.15, 0.2) is 0 Å². The van der Waals surface area contributed by atoms with Gasteiger partial charge >= 0.3 is 0 Å². The van der Waals surface area contributed by atoms with Gasteiger partial charge in [0.2, 0.25) is 0 Å². The molecule has 0 unspecified atom stereocenters. The van der Waals surface area contributed by atoms with Crippen LogP contribution in [0.15, 0.2) is 42.7 Å². The maximum Gasteiger partial charge on any atom is 0.252 e. The van der Waals surface area contributed by atoms with E-state index in [-0.39, 0.29) is 18.3 Å². The Bertz CT molecular complexity index is 1130. The van der Waals surface area contributed by atoms with Gasteiger partial charge < -0.3 is 21.5 Å². The zero-order chi connectivity index (χ0) is 22.8. The number of hydrogen-bond donors (Lipinski definition) is 4. The molecule has 31 heavy (non-hydrogen) atoms. The number of amides is 1. The molecule has 3 rings (SSSR count). The number of hydrogen-bond acceptors (Lipinski definition) is 6. The van der Waals surface area contributed by atoms with E-state index in [1.165, 1.54) is 0 Å². The fourth-order valence-electron chi connectivity index (χ4n) is 3.17. The van der Waals surface area contributed by atoms with Gasteiger partial charge in [0.05, 0.1) is 16.8 Å². The number of amidine groups is 1. The molecule has 0 aliphatic heterocycles. The van der Waals surface area contributed by atoms with E-state index < -0.39 is 5.54 Å². The molecule has 162 valence electrons. The first kappa shape index (κ1) is 21.8. The lowest BCUT2D eigenvalue weighted by Gasteiger charge is -2.27. The number of anilines is 1. The minimum absolute atomic E-state index is 0.153. The van der Waals surface area contributed by atoms with E-state index in [0.29, 0.717) is 28.4 Å². The molecule has 0 aliphatic rings. The van der Waals surface area contributed by atoms with E-state index in [1.54, 1.807) is 36.5 Å². The summed E-state index contributed by atoms with van der Waals surface area (Å²) in [5, 5.41) is 10.7. The van der Waals surface area contributed by atoms with Gasteiger partial charge in [0.25, 0.3) is 5.91 Å². The summed E-state index contributed by atoms with van der Waals surface area (Å²) in [6, 6.07) is 8.43. The summed E-state index contributed by atoms with van der Waals surface area (Å²) >= 11 is 0. The van der Waals surface area contributed by atoms with Crippen LogP contribution in [0, 0.1) is 19.3 Å². The van der Waals surface area contributed by atoms with E-state index in [9.17, 15) is 4.79 Å². The van der Waals surface area contributed by atoms with Crippen LogP contribution in [0.5, 0.6) is 5.75 Å². The molecule has 9 nitrogen and oxygen atoms in total. The van der Waals surface area contributed by atoms with Crippen molar-refractivity contribution in [2.75, 3.05) is 12.3 Å².